The average Bonchev–Trinajstić information content (AvgIpc) is 3.46. The molecule has 2 aromatic carbocycles. The van der Waals surface area contributed by atoms with Gasteiger partial charge in [-0.05, 0) is 42.3 Å². The first-order valence-corrected chi connectivity index (χ1v) is 12.1. The number of hydrogen-bond acceptors (Lipinski definition) is 5. The van der Waals surface area contributed by atoms with Crippen LogP contribution in [0.2, 0.25) is 0 Å². The van der Waals surface area contributed by atoms with Gasteiger partial charge in [0.25, 0.3) is 5.91 Å². The van der Waals surface area contributed by atoms with E-state index in [0.717, 1.165) is 16.9 Å². The molecule has 0 N–H and O–H groups in total. The molecule has 0 atom stereocenters. The van der Waals surface area contributed by atoms with E-state index < -0.39 is 27.7 Å². The van der Waals surface area contributed by atoms with E-state index in [4.69, 9.17) is 0 Å². The van der Waals surface area contributed by atoms with Gasteiger partial charge in [-0.1, -0.05) is 31.2 Å². The highest BCUT2D eigenvalue weighted by molar-refractivity contribution is 7.89. The quantitative estimate of drug-likeness (QED) is 0.524. The van der Waals surface area contributed by atoms with Crippen LogP contribution in [0.1, 0.15) is 35.5 Å². The predicted molar refractivity (Wildman–Crippen MR) is 118 cm³/mol. The van der Waals surface area contributed by atoms with Crippen LogP contribution in [0.3, 0.4) is 0 Å². The summed E-state index contributed by atoms with van der Waals surface area (Å²) in [6.07, 6.45) is -3.00. The Balaban J connectivity index is 1.62. The smallest absolute Gasteiger partial charge is 0.306 e. The molecule has 2 heterocycles. The number of para-hydroxylation sites is 1. The monoisotopic (exact) mass is 493 g/mol. The molecule has 0 spiro atoms. The van der Waals surface area contributed by atoms with Crippen LogP contribution in [0.5, 0.6) is 0 Å². The summed E-state index contributed by atoms with van der Waals surface area (Å²) in [5, 5.41) is 7.52. The van der Waals surface area contributed by atoms with Crippen LogP contribution in [0.15, 0.2) is 53.6 Å². The lowest BCUT2D eigenvalue weighted by Crippen LogP contribution is -2.31. The molecule has 12 heteroatoms. The number of rotatable bonds is 6. The number of alkyl halides is 3. The largest absolute Gasteiger partial charge is 0.418 e. The van der Waals surface area contributed by atoms with Crippen LogP contribution in [0.25, 0.3) is 5.69 Å². The molecule has 0 saturated carbocycles. The second-order valence-electron chi connectivity index (χ2n) is 7.65. The third-order valence-electron chi connectivity index (χ3n) is 5.70. The fraction of sp³-hybridized carbons (Fsp3) is 0.318. The third kappa shape index (κ3) is 4.18. The summed E-state index contributed by atoms with van der Waals surface area (Å²) in [6.45, 7) is 4.49. The SMILES string of the molecule is CCN(CC)S(=O)(=O)c1ccc2c(c1)CCN2C(=O)c1cn(-c2ccccc2C(F)(F)F)nn1. The molecule has 0 unspecified atom stereocenters. The number of sulfonamides is 1. The Hall–Kier alpha value is -3.25. The zero-order chi connectivity index (χ0) is 24.7. The first-order chi connectivity index (χ1) is 16.1. The van der Waals surface area contributed by atoms with Gasteiger partial charge < -0.3 is 4.90 Å². The van der Waals surface area contributed by atoms with E-state index in [-0.39, 0.29) is 22.8 Å². The zero-order valence-electron chi connectivity index (χ0n) is 18.5. The predicted octanol–water partition coefficient (Wildman–Crippen LogP) is 3.52. The minimum atomic E-state index is -4.59. The number of amides is 1. The second-order valence-corrected chi connectivity index (χ2v) is 9.59. The standard InChI is InChI=1S/C22H22F3N5O3S/c1-3-28(4-2)34(32,33)16-9-10-19-15(13-16)11-12-29(19)21(31)18-14-30(27-26-18)20-8-6-5-7-17(20)22(23,24)25/h5-10,13-14H,3-4,11-12H2,1-2H3. The molecule has 1 aliphatic heterocycles. The molecule has 1 aliphatic rings. The highest BCUT2D eigenvalue weighted by atomic mass is 32.2. The van der Waals surface area contributed by atoms with Gasteiger partial charge in [-0.3, -0.25) is 4.79 Å². The molecule has 0 radical (unpaired) electrons. The number of carbonyl (C=O) groups excluding carboxylic acids is 1. The van der Waals surface area contributed by atoms with Crippen molar-refractivity contribution in [3.8, 4) is 5.69 Å². The lowest BCUT2D eigenvalue weighted by atomic mass is 10.1. The van der Waals surface area contributed by atoms with E-state index in [1.165, 1.54) is 33.5 Å². The van der Waals surface area contributed by atoms with E-state index >= 15 is 0 Å². The van der Waals surface area contributed by atoms with E-state index in [2.05, 4.69) is 10.3 Å². The highest BCUT2D eigenvalue weighted by Gasteiger charge is 2.35. The molecule has 0 fully saturated rings. The number of halogens is 3. The average molecular weight is 494 g/mol. The summed E-state index contributed by atoms with van der Waals surface area (Å²) in [4.78, 5) is 14.7. The normalized spacial score (nSPS) is 14.0. The fourth-order valence-corrected chi connectivity index (χ4v) is 5.50. The zero-order valence-corrected chi connectivity index (χ0v) is 19.3. The Morgan fingerprint density at radius 1 is 1.09 bits per heavy atom. The van der Waals surface area contributed by atoms with Gasteiger partial charge in [0, 0.05) is 25.3 Å². The van der Waals surface area contributed by atoms with Gasteiger partial charge in [0.15, 0.2) is 5.69 Å². The topological polar surface area (TPSA) is 88.4 Å². The molecule has 4 rings (SSSR count). The summed E-state index contributed by atoms with van der Waals surface area (Å²) in [6, 6.07) is 9.47. The second kappa shape index (κ2) is 8.84. The van der Waals surface area contributed by atoms with Crippen LogP contribution >= 0.6 is 0 Å². The number of benzene rings is 2. The third-order valence-corrected chi connectivity index (χ3v) is 7.75. The van der Waals surface area contributed by atoms with Crippen molar-refractivity contribution >= 4 is 21.6 Å². The molecular weight excluding hydrogens is 471 g/mol. The van der Waals surface area contributed by atoms with Crippen molar-refractivity contribution in [2.45, 2.75) is 31.3 Å². The molecule has 0 aliphatic carbocycles. The molecule has 0 saturated heterocycles. The summed E-state index contributed by atoms with van der Waals surface area (Å²) < 4.78 is 67.9. The van der Waals surface area contributed by atoms with Crippen molar-refractivity contribution in [3.05, 3.63) is 65.5 Å². The van der Waals surface area contributed by atoms with Crippen molar-refractivity contribution in [2.75, 3.05) is 24.5 Å². The Morgan fingerprint density at radius 3 is 2.47 bits per heavy atom. The molecular formula is C22H22F3N5O3S. The van der Waals surface area contributed by atoms with Gasteiger partial charge in [0.2, 0.25) is 10.0 Å². The lowest BCUT2D eigenvalue weighted by Gasteiger charge is -2.20. The van der Waals surface area contributed by atoms with Gasteiger partial charge >= 0.3 is 6.18 Å². The van der Waals surface area contributed by atoms with Crippen molar-refractivity contribution < 1.29 is 26.4 Å². The first-order valence-electron chi connectivity index (χ1n) is 10.6. The maximum Gasteiger partial charge on any atom is 0.418 e. The van der Waals surface area contributed by atoms with E-state index in [9.17, 15) is 26.4 Å². The van der Waals surface area contributed by atoms with Gasteiger partial charge in [-0.15, -0.1) is 5.10 Å². The van der Waals surface area contributed by atoms with E-state index in [1.54, 1.807) is 26.0 Å². The summed E-state index contributed by atoms with van der Waals surface area (Å²) in [5.41, 5.74) is -0.0308. The number of fused-ring (bicyclic) bond motifs is 1. The number of hydrogen-bond donors (Lipinski definition) is 0. The summed E-state index contributed by atoms with van der Waals surface area (Å²) in [7, 11) is -3.64. The van der Waals surface area contributed by atoms with Crippen LogP contribution in [-0.2, 0) is 22.6 Å². The van der Waals surface area contributed by atoms with Crippen molar-refractivity contribution in [2.24, 2.45) is 0 Å². The van der Waals surface area contributed by atoms with Gasteiger partial charge in [0.05, 0.1) is 22.3 Å². The maximum atomic E-state index is 13.3. The highest BCUT2D eigenvalue weighted by Crippen LogP contribution is 2.34. The molecule has 0 bridgehead atoms. The fourth-order valence-electron chi connectivity index (χ4n) is 3.99. The number of aromatic nitrogens is 3. The van der Waals surface area contributed by atoms with Crippen LogP contribution in [0, 0.1) is 0 Å². The Labute approximate surface area is 194 Å². The molecule has 34 heavy (non-hydrogen) atoms. The maximum absolute atomic E-state index is 13.3. The Morgan fingerprint density at radius 2 is 1.79 bits per heavy atom. The molecule has 8 nitrogen and oxygen atoms in total. The van der Waals surface area contributed by atoms with Gasteiger partial charge in [0.1, 0.15) is 0 Å². The van der Waals surface area contributed by atoms with E-state index in [0.29, 0.717) is 30.8 Å². The minimum Gasteiger partial charge on any atom is -0.306 e. The minimum absolute atomic E-state index is 0.121. The lowest BCUT2D eigenvalue weighted by molar-refractivity contribution is -0.137. The molecule has 3 aromatic rings. The number of nitrogens with zero attached hydrogens (tertiary/aromatic N) is 5. The van der Waals surface area contributed by atoms with Crippen LogP contribution in [0.4, 0.5) is 18.9 Å². The number of anilines is 1. The first kappa shape index (κ1) is 23.9. The number of carbonyl (C=O) groups is 1. The summed E-state index contributed by atoms with van der Waals surface area (Å²) >= 11 is 0. The van der Waals surface area contributed by atoms with Crippen molar-refractivity contribution in [3.63, 3.8) is 0 Å². The van der Waals surface area contributed by atoms with Crippen LogP contribution < -0.4 is 4.90 Å². The van der Waals surface area contributed by atoms with Crippen LogP contribution in [-0.4, -0.2) is 53.3 Å². The van der Waals surface area contributed by atoms with Crippen molar-refractivity contribution in [1.82, 2.24) is 19.3 Å². The van der Waals surface area contributed by atoms with E-state index in [1.807, 2.05) is 0 Å². The molecule has 1 amide bonds. The Bertz CT molecular complexity index is 1330. The van der Waals surface area contributed by atoms with Gasteiger partial charge in [-0.2, -0.15) is 17.5 Å². The summed E-state index contributed by atoms with van der Waals surface area (Å²) in [5.74, 6) is -0.533. The van der Waals surface area contributed by atoms with Gasteiger partial charge in [-0.25, -0.2) is 13.1 Å². The molecule has 1 aromatic heterocycles. The Kier molecular flexibility index (Phi) is 6.21. The van der Waals surface area contributed by atoms with Crippen molar-refractivity contribution in [1.29, 1.82) is 0 Å². The molecule has 180 valence electrons.